The van der Waals surface area contributed by atoms with Gasteiger partial charge in [0, 0.05) is 31.7 Å². The first-order chi connectivity index (χ1) is 11.8. The maximum absolute atomic E-state index is 12.4. The third kappa shape index (κ3) is 4.04. The number of nitrogens with one attached hydrogen (secondary N) is 1. The average Bonchev–Trinajstić information content (AvgIpc) is 2.67. The second kappa shape index (κ2) is 7.81. The van der Waals surface area contributed by atoms with Gasteiger partial charge in [-0.3, -0.25) is 4.79 Å². The van der Waals surface area contributed by atoms with Gasteiger partial charge in [0.1, 0.15) is 11.6 Å². The Kier molecular flexibility index (Phi) is 5.31. The molecule has 1 fully saturated rings. The van der Waals surface area contributed by atoms with E-state index in [1.807, 2.05) is 48.7 Å². The maximum atomic E-state index is 12.4. The smallest absolute Gasteiger partial charge is 0.223 e. The minimum Gasteiger partial charge on any atom is -0.497 e. The van der Waals surface area contributed by atoms with Crippen molar-refractivity contribution in [1.82, 2.24) is 10.3 Å². The summed E-state index contributed by atoms with van der Waals surface area (Å²) in [5.41, 5.74) is 1.08. The third-order valence-corrected chi connectivity index (χ3v) is 4.46. The molecule has 1 amide bonds. The van der Waals surface area contributed by atoms with Crippen molar-refractivity contribution in [2.75, 3.05) is 25.1 Å². The fourth-order valence-corrected chi connectivity index (χ4v) is 2.99. The lowest BCUT2D eigenvalue weighted by Crippen LogP contribution is -2.40. The summed E-state index contributed by atoms with van der Waals surface area (Å²) in [5, 5.41) is 3.05. The van der Waals surface area contributed by atoms with Crippen LogP contribution in [0.4, 0.5) is 5.82 Å². The molecular formula is C19H23N3O2. The van der Waals surface area contributed by atoms with Gasteiger partial charge >= 0.3 is 0 Å². The van der Waals surface area contributed by atoms with E-state index in [2.05, 4.69) is 15.2 Å². The van der Waals surface area contributed by atoms with Gasteiger partial charge in [0.05, 0.1) is 7.11 Å². The maximum Gasteiger partial charge on any atom is 0.223 e. The minimum absolute atomic E-state index is 0.0863. The van der Waals surface area contributed by atoms with Crippen LogP contribution < -0.4 is 15.0 Å². The third-order valence-electron chi connectivity index (χ3n) is 4.46. The molecule has 3 rings (SSSR count). The van der Waals surface area contributed by atoms with E-state index in [1.165, 1.54) is 0 Å². The molecule has 1 aliphatic rings. The van der Waals surface area contributed by atoms with Crippen LogP contribution >= 0.6 is 0 Å². The highest BCUT2D eigenvalue weighted by Crippen LogP contribution is 2.21. The van der Waals surface area contributed by atoms with Gasteiger partial charge in [0.2, 0.25) is 5.91 Å². The summed E-state index contributed by atoms with van der Waals surface area (Å²) >= 11 is 0. The molecule has 5 heteroatoms. The van der Waals surface area contributed by atoms with Gasteiger partial charge in [-0.15, -0.1) is 0 Å². The molecule has 0 unspecified atom stereocenters. The summed E-state index contributed by atoms with van der Waals surface area (Å²) in [7, 11) is 1.65. The molecule has 1 N–H and O–H groups in total. The van der Waals surface area contributed by atoms with E-state index in [4.69, 9.17) is 4.74 Å². The highest BCUT2D eigenvalue weighted by Gasteiger charge is 2.25. The Bertz CT molecular complexity index is 650. The first-order valence-corrected chi connectivity index (χ1v) is 8.33. The van der Waals surface area contributed by atoms with Crippen LogP contribution in [0, 0.1) is 5.92 Å². The molecule has 0 atom stereocenters. The molecule has 2 heterocycles. The first-order valence-electron chi connectivity index (χ1n) is 8.33. The number of piperidine rings is 1. The lowest BCUT2D eigenvalue weighted by Gasteiger charge is -2.32. The Balaban J connectivity index is 1.46. The lowest BCUT2D eigenvalue weighted by molar-refractivity contribution is -0.125. The number of amides is 1. The molecular weight excluding hydrogens is 302 g/mol. The molecule has 0 saturated carbocycles. The molecule has 1 aromatic carbocycles. The molecule has 24 heavy (non-hydrogen) atoms. The highest BCUT2D eigenvalue weighted by molar-refractivity contribution is 5.79. The number of anilines is 1. The van der Waals surface area contributed by atoms with Crippen LogP contribution in [0.1, 0.15) is 18.4 Å². The number of rotatable bonds is 5. The number of carbonyl (C=O) groups excluding carboxylic acids is 1. The number of pyridine rings is 1. The number of hydrogen-bond donors (Lipinski definition) is 1. The Morgan fingerprint density at radius 2 is 1.96 bits per heavy atom. The zero-order valence-electron chi connectivity index (χ0n) is 13.9. The molecule has 126 valence electrons. The molecule has 2 aromatic rings. The van der Waals surface area contributed by atoms with Gasteiger partial charge in [-0.2, -0.15) is 0 Å². The van der Waals surface area contributed by atoms with E-state index < -0.39 is 0 Å². The Morgan fingerprint density at radius 1 is 1.21 bits per heavy atom. The van der Waals surface area contributed by atoms with Crippen LogP contribution in [-0.2, 0) is 11.3 Å². The number of hydrogen-bond acceptors (Lipinski definition) is 4. The molecule has 1 aliphatic heterocycles. The average molecular weight is 325 g/mol. The van der Waals surface area contributed by atoms with Crippen molar-refractivity contribution in [3.63, 3.8) is 0 Å². The van der Waals surface area contributed by atoms with E-state index in [-0.39, 0.29) is 11.8 Å². The summed E-state index contributed by atoms with van der Waals surface area (Å²) < 4.78 is 5.14. The largest absolute Gasteiger partial charge is 0.497 e. The van der Waals surface area contributed by atoms with Crippen molar-refractivity contribution >= 4 is 11.7 Å². The van der Waals surface area contributed by atoms with E-state index in [1.54, 1.807) is 7.11 Å². The normalized spacial score (nSPS) is 15.1. The van der Waals surface area contributed by atoms with Gasteiger partial charge in [0.15, 0.2) is 0 Å². The van der Waals surface area contributed by atoms with E-state index in [9.17, 15) is 4.79 Å². The Labute approximate surface area is 142 Å². The van der Waals surface area contributed by atoms with E-state index in [0.29, 0.717) is 6.54 Å². The highest BCUT2D eigenvalue weighted by atomic mass is 16.5. The van der Waals surface area contributed by atoms with Crippen molar-refractivity contribution in [3.8, 4) is 5.75 Å². The molecule has 0 spiro atoms. The van der Waals surface area contributed by atoms with Crippen LogP contribution in [0.3, 0.4) is 0 Å². The second-order valence-electron chi connectivity index (χ2n) is 6.02. The van der Waals surface area contributed by atoms with Gasteiger partial charge < -0.3 is 15.0 Å². The molecule has 0 radical (unpaired) electrons. The van der Waals surface area contributed by atoms with Crippen molar-refractivity contribution in [2.45, 2.75) is 19.4 Å². The second-order valence-corrected chi connectivity index (χ2v) is 6.02. The number of ether oxygens (including phenoxy) is 1. The first kappa shape index (κ1) is 16.3. The lowest BCUT2D eigenvalue weighted by atomic mass is 9.96. The Hall–Kier alpha value is -2.56. The fraction of sp³-hybridized carbons (Fsp3) is 0.368. The molecule has 0 bridgehead atoms. The summed E-state index contributed by atoms with van der Waals surface area (Å²) in [5.74, 6) is 2.05. The van der Waals surface area contributed by atoms with E-state index >= 15 is 0 Å². The number of nitrogens with zero attached hydrogens (tertiary/aromatic N) is 2. The van der Waals surface area contributed by atoms with Gasteiger partial charge in [-0.1, -0.05) is 18.2 Å². The van der Waals surface area contributed by atoms with Crippen LogP contribution in [0.15, 0.2) is 48.7 Å². The van der Waals surface area contributed by atoms with Gasteiger partial charge in [-0.05, 0) is 42.7 Å². The van der Waals surface area contributed by atoms with Crippen LogP contribution in [0.25, 0.3) is 0 Å². The van der Waals surface area contributed by atoms with Crippen LogP contribution in [-0.4, -0.2) is 31.1 Å². The minimum atomic E-state index is 0.0863. The van der Waals surface area contributed by atoms with Crippen molar-refractivity contribution in [2.24, 2.45) is 5.92 Å². The van der Waals surface area contributed by atoms with Crippen molar-refractivity contribution < 1.29 is 9.53 Å². The standard InChI is InChI=1S/C19H23N3O2/c1-24-17-7-5-15(6-8-17)14-21-19(23)16-9-12-22(13-10-16)18-4-2-3-11-20-18/h2-8,11,16H,9-10,12-14H2,1H3,(H,21,23). The molecule has 1 saturated heterocycles. The van der Waals surface area contributed by atoms with Crippen LogP contribution in [0.5, 0.6) is 5.75 Å². The van der Waals surface area contributed by atoms with Crippen LogP contribution in [0.2, 0.25) is 0 Å². The number of benzene rings is 1. The summed E-state index contributed by atoms with van der Waals surface area (Å²) in [4.78, 5) is 19.0. The fourth-order valence-electron chi connectivity index (χ4n) is 2.99. The topological polar surface area (TPSA) is 54.5 Å². The predicted molar refractivity (Wildman–Crippen MR) is 94.0 cm³/mol. The Morgan fingerprint density at radius 3 is 2.58 bits per heavy atom. The van der Waals surface area contributed by atoms with E-state index in [0.717, 1.165) is 43.1 Å². The SMILES string of the molecule is COc1ccc(CNC(=O)C2CCN(c3ccccn3)CC2)cc1. The van der Waals surface area contributed by atoms with Crippen molar-refractivity contribution in [1.29, 1.82) is 0 Å². The van der Waals surface area contributed by atoms with Crippen molar-refractivity contribution in [3.05, 3.63) is 54.2 Å². The molecule has 5 nitrogen and oxygen atoms in total. The monoisotopic (exact) mass is 325 g/mol. The van der Waals surface area contributed by atoms with Gasteiger partial charge in [0.25, 0.3) is 0 Å². The van der Waals surface area contributed by atoms with Gasteiger partial charge in [-0.25, -0.2) is 4.98 Å². The summed E-state index contributed by atoms with van der Waals surface area (Å²) in [6.45, 7) is 2.30. The molecule has 1 aromatic heterocycles. The summed E-state index contributed by atoms with van der Waals surface area (Å²) in [6.07, 6.45) is 3.54. The zero-order valence-corrected chi connectivity index (χ0v) is 13.9. The summed E-state index contributed by atoms with van der Waals surface area (Å²) in [6, 6.07) is 13.7. The molecule has 0 aliphatic carbocycles. The predicted octanol–water partition coefficient (Wildman–Crippen LogP) is 2.62. The zero-order chi connectivity index (χ0) is 16.8. The number of methoxy groups -OCH3 is 1. The number of carbonyl (C=O) groups is 1. The quantitative estimate of drug-likeness (QED) is 0.918. The number of aromatic nitrogens is 1.